The molecule has 0 radical (unpaired) electrons. The molecule has 0 saturated heterocycles. The summed E-state index contributed by atoms with van der Waals surface area (Å²) >= 11 is 0. The van der Waals surface area contributed by atoms with E-state index in [9.17, 15) is 4.79 Å². The molecular weight excluding hydrogens is 350 g/mol. The average molecular weight is 373 g/mol. The van der Waals surface area contributed by atoms with E-state index in [2.05, 4.69) is 15.6 Å². The summed E-state index contributed by atoms with van der Waals surface area (Å²) < 4.78 is 0. The minimum absolute atomic E-state index is 0.0962. The van der Waals surface area contributed by atoms with Crippen molar-refractivity contribution in [2.75, 3.05) is 16.4 Å². The highest BCUT2D eigenvalue weighted by Crippen LogP contribution is 2.18. The summed E-state index contributed by atoms with van der Waals surface area (Å²) in [7, 11) is 0. The molecule has 1 heterocycles. The maximum atomic E-state index is 12.4. The number of nitrogens with one attached hydrogen (secondary N) is 3. The maximum Gasteiger partial charge on any atom is 0.255 e. The SMILES string of the molecule is C[C@@H](CC(=N)c1ccc(C(=O)Nc2ccccc2N)cc1)Nc1ccncc1. The van der Waals surface area contributed by atoms with E-state index in [4.69, 9.17) is 11.1 Å². The first-order valence-electron chi connectivity index (χ1n) is 9.03. The van der Waals surface area contributed by atoms with Crippen LogP contribution >= 0.6 is 0 Å². The fourth-order valence-corrected chi connectivity index (χ4v) is 2.84. The van der Waals surface area contributed by atoms with Gasteiger partial charge >= 0.3 is 0 Å². The zero-order chi connectivity index (χ0) is 19.9. The first kappa shape index (κ1) is 19.1. The third kappa shape index (κ3) is 4.94. The summed E-state index contributed by atoms with van der Waals surface area (Å²) in [5, 5.41) is 14.5. The number of nitrogen functional groups attached to an aromatic ring is 1. The van der Waals surface area contributed by atoms with Crippen LogP contribution < -0.4 is 16.4 Å². The lowest BCUT2D eigenvalue weighted by atomic mass is 10.0. The Balaban J connectivity index is 1.59. The Labute approximate surface area is 164 Å². The lowest BCUT2D eigenvalue weighted by Gasteiger charge is -2.16. The number of rotatable bonds is 7. The van der Waals surface area contributed by atoms with Crippen molar-refractivity contribution in [1.82, 2.24) is 4.98 Å². The number of hydrogen-bond acceptors (Lipinski definition) is 5. The Morgan fingerprint density at radius 3 is 2.36 bits per heavy atom. The van der Waals surface area contributed by atoms with E-state index < -0.39 is 0 Å². The van der Waals surface area contributed by atoms with Gasteiger partial charge in [0, 0.05) is 41.8 Å². The summed E-state index contributed by atoms with van der Waals surface area (Å²) in [6.45, 7) is 2.03. The van der Waals surface area contributed by atoms with E-state index in [1.807, 2.05) is 31.2 Å². The first-order chi connectivity index (χ1) is 13.5. The van der Waals surface area contributed by atoms with Crippen molar-refractivity contribution in [2.45, 2.75) is 19.4 Å². The van der Waals surface area contributed by atoms with Crippen LogP contribution in [0.25, 0.3) is 0 Å². The zero-order valence-electron chi connectivity index (χ0n) is 15.6. The number of nitrogens with zero attached hydrogens (tertiary/aromatic N) is 1. The monoisotopic (exact) mass is 373 g/mol. The van der Waals surface area contributed by atoms with E-state index >= 15 is 0 Å². The van der Waals surface area contributed by atoms with Gasteiger partial charge in [0.2, 0.25) is 0 Å². The zero-order valence-corrected chi connectivity index (χ0v) is 15.6. The van der Waals surface area contributed by atoms with Crippen LogP contribution in [0, 0.1) is 5.41 Å². The van der Waals surface area contributed by atoms with Crippen LogP contribution in [-0.4, -0.2) is 22.6 Å². The van der Waals surface area contributed by atoms with Crippen molar-refractivity contribution in [3.8, 4) is 0 Å². The first-order valence-corrected chi connectivity index (χ1v) is 9.03. The van der Waals surface area contributed by atoms with E-state index in [0.717, 1.165) is 11.3 Å². The second-order valence-corrected chi connectivity index (χ2v) is 6.58. The lowest BCUT2D eigenvalue weighted by molar-refractivity contribution is 0.102. The molecule has 142 valence electrons. The average Bonchev–Trinajstić information content (AvgIpc) is 2.70. The van der Waals surface area contributed by atoms with Gasteiger partial charge in [0.25, 0.3) is 5.91 Å². The minimum Gasteiger partial charge on any atom is -0.397 e. The molecule has 28 heavy (non-hydrogen) atoms. The molecule has 0 unspecified atom stereocenters. The van der Waals surface area contributed by atoms with Crippen LogP contribution in [-0.2, 0) is 0 Å². The number of nitrogens with two attached hydrogens (primary N) is 1. The van der Waals surface area contributed by atoms with Crippen molar-refractivity contribution in [3.05, 3.63) is 84.2 Å². The Bertz CT molecular complexity index is 954. The standard InChI is InChI=1S/C22H23N5O/c1-15(26-18-10-12-25-13-11-18)14-20(24)16-6-8-17(9-7-16)22(28)27-21-5-3-2-4-19(21)23/h2-13,15,24H,14,23H2,1H3,(H,25,26)(H,27,28)/t15-/m0/s1. The molecular formula is C22H23N5O. The number of carbonyl (C=O) groups excluding carboxylic acids is 1. The molecule has 0 bridgehead atoms. The maximum absolute atomic E-state index is 12.4. The third-order valence-corrected chi connectivity index (χ3v) is 4.31. The molecule has 0 fully saturated rings. The number of para-hydroxylation sites is 2. The summed E-state index contributed by atoms with van der Waals surface area (Å²) in [5.41, 5.74) is 9.75. The van der Waals surface area contributed by atoms with Crippen molar-refractivity contribution >= 4 is 28.7 Å². The number of aromatic nitrogens is 1. The van der Waals surface area contributed by atoms with Crippen molar-refractivity contribution in [3.63, 3.8) is 0 Å². The summed E-state index contributed by atoms with van der Waals surface area (Å²) in [5.74, 6) is -0.233. The summed E-state index contributed by atoms with van der Waals surface area (Å²) in [4.78, 5) is 16.4. The van der Waals surface area contributed by atoms with E-state index in [1.54, 1.807) is 48.8 Å². The van der Waals surface area contributed by atoms with Gasteiger partial charge in [0.1, 0.15) is 0 Å². The molecule has 5 N–H and O–H groups in total. The van der Waals surface area contributed by atoms with Gasteiger partial charge in [-0.2, -0.15) is 0 Å². The fourth-order valence-electron chi connectivity index (χ4n) is 2.84. The molecule has 0 aliphatic heterocycles. The normalized spacial score (nSPS) is 11.5. The smallest absolute Gasteiger partial charge is 0.255 e. The fraction of sp³-hybridized carbons (Fsp3) is 0.136. The second kappa shape index (κ2) is 8.81. The minimum atomic E-state index is -0.233. The van der Waals surface area contributed by atoms with Crippen LogP contribution in [0.15, 0.2) is 73.1 Å². The molecule has 0 spiro atoms. The van der Waals surface area contributed by atoms with Gasteiger partial charge in [-0.15, -0.1) is 0 Å². The van der Waals surface area contributed by atoms with Crippen LogP contribution in [0.3, 0.4) is 0 Å². The van der Waals surface area contributed by atoms with Crippen LogP contribution in [0.2, 0.25) is 0 Å². The number of carbonyl (C=O) groups is 1. The lowest BCUT2D eigenvalue weighted by Crippen LogP contribution is -2.20. The number of hydrogen-bond donors (Lipinski definition) is 4. The van der Waals surface area contributed by atoms with Crippen molar-refractivity contribution < 1.29 is 4.79 Å². The van der Waals surface area contributed by atoms with Crippen LogP contribution in [0.1, 0.15) is 29.3 Å². The molecule has 3 rings (SSSR count). The third-order valence-electron chi connectivity index (χ3n) is 4.31. The Kier molecular flexibility index (Phi) is 6.01. The molecule has 1 aromatic heterocycles. The largest absolute Gasteiger partial charge is 0.397 e. The highest BCUT2D eigenvalue weighted by atomic mass is 16.1. The molecule has 1 atom stereocenters. The summed E-state index contributed by atoms with van der Waals surface area (Å²) in [6.07, 6.45) is 4.02. The quantitative estimate of drug-likeness (QED) is 0.368. The van der Waals surface area contributed by atoms with Gasteiger partial charge in [0.05, 0.1) is 11.4 Å². The van der Waals surface area contributed by atoms with Gasteiger partial charge in [-0.25, -0.2) is 0 Å². The van der Waals surface area contributed by atoms with E-state index in [0.29, 0.717) is 29.1 Å². The van der Waals surface area contributed by atoms with Crippen molar-refractivity contribution in [1.29, 1.82) is 5.41 Å². The van der Waals surface area contributed by atoms with Gasteiger partial charge < -0.3 is 21.8 Å². The molecule has 2 aromatic carbocycles. The topological polar surface area (TPSA) is 104 Å². The number of anilines is 3. The predicted octanol–water partition coefficient (Wildman–Crippen LogP) is 4.17. The Morgan fingerprint density at radius 2 is 1.68 bits per heavy atom. The van der Waals surface area contributed by atoms with Crippen LogP contribution in [0.5, 0.6) is 0 Å². The highest BCUT2D eigenvalue weighted by Gasteiger charge is 2.11. The van der Waals surface area contributed by atoms with E-state index in [1.165, 1.54) is 0 Å². The Hall–Kier alpha value is -3.67. The van der Waals surface area contributed by atoms with Gasteiger partial charge in [0.15, 0.2) is 0 Å². The number of benzene rings is 2. The van der Waals surface area contributed by atoms with Gasteiger partial charge in [-0.05, 0) is 48.9 Å². The van der Waals surface area contributed by atoms with Gasteiger partial charge in [-0.3, -0.25) is 9.78 Å². The second-order valence-electron chi connectivity index (χ2n) is 6.58. The number of pyridine rings is 1. The molecule has 0 aliphatic rings. The Morgan fingerprint density at radius 1 is 1.04 bits per heavy atom. The molecule has 0 saturated carbocycles. The van der Waals surface area contributed by atoms with Crippen LogP contribution in [0.4, 0.5) is 17.1 Å². The molecule has 3 aromatic rings. The molecule has 1 amide bonds. The van der Waals surface area contributed by atoms with Gasteiger partial charge in [-0.1, -0.05) is 24.3 Å². The summed E-state index contributed by atoms with van der Waals surface area (Å²) in [6, 6.07) is 18.1. The van der Waals surface area contributed by atoms with E-state index in [-0.39, 0.29) is 11.9 Å². The number of amides is 1. The predicted molar refractivity (Wildman–Crippen MR) is 114 cm³/mol. The molecule has 6 nitrogen and oxygen atoms in total. The highest BCUT2D eigenvalue weighted by molar-refractivity contribution is 6.06. The molecule has 0 aliphatic carbocycles. The van der Waals surface area contributed by atoms with Crippen molar-refractivity contribution in [2.24, 2.45) is 0 Å². The molecule has 6 heteroatoms.